The van der Waals surface area contributed by atoms with Gasteiger partial charge in [-0.1, -0.05) is 23.1 Å². The van der Waals surface area contributed by atoms with Gasteiger partial charge in [0.2, 0.25) is 11.0 Å². The van der Waals surface area contributed by atoms with Crippen molar-refractivity contribution in [3.8, 4) is 0 Å². The van der Waals surface area contributed by atoms with Crippen molar-refractivity contribution in [2.24, 2.45) is 0 Å². The number of carbonyl (C=O) groups is 1. The number of anilines is 2. The number of nitrogens with zero attached hydrogens (tertiary/aromatic N) is 3. The van der Waals surface area contributed by atoms with Crippen LogP contribution in [0.1, 0.15) is 6.42 Å². The first-order valence-corrected chi connectivity index (χ1v) is 6.96. The average Bonchev–Trinajstić information content (AvgIpc) is 2.76. The van der Waals surface area contributed by atoms with Gasteiger partial charge in [0.1, 0.15) is 0 Å². The zero-order valence-corrected chi connectivity index (χ0v) is 11.0. The number of nitrogens with two attached hydrogens (primary N) is 1. The third-order valence-electron chi connectivity index (χ3n) is 1.94. The number of pyridine rings is 1. The average molecular weight is 281 g/mol. The first-order chi connectivity index (χ1) is 8.74. The zero-order chi connectivity index (χ0) is 12.8. The van der Waals surface area contributed by atoms with Crippen LogP contribution in [0.3, 0.4) is 0 Å². The van der Waals surface area contributed by atoms with E-state index in [0.29, 0.717) is 17.3 Å². The molecule has 8 heteroatoms. The number of hydrogen-bond acceptors (Lipinski definition) is 7. The van der Waals surface area contributed by atoms with Gasteiger partial charge in [-0.25, -0.2) is 0 Å². The molecule has 2 rings (SSSR count). The van der Waals surface area contributed by atoms with Crippen LogP contribution in [0.4, 0.5) is 10.8 Å². The summed E-state index contributed by atoms with van der Waals surface area (Å²) in [5.74, 6) is 0.608. The molecule has 0 aliphatic carbocycles. The van der Waals surface area contributed by atoms with Gasteiger partial charge in [0.15, 0.2) is 4.34 Å². The van der Waals surface area contributed by atoms with Gasteiger partial charge in [0.25, 0.3) is 0 Å². The van der Waals surface area contributed by atoms with Crippen LogP contribution in [0.25, 0.3) is 0 Å². The molecule has 0 radical (unpaired) electrons. The number of carbonyl (C=O) groups excluding carboxylic acids is 1. The number of amides is 1. The fourth-order valence-corrected chi connectivity index (χ4v) is 2.81. The van der Waals surface area contributed by atoms with Crippen molar-refractivity contribution < 1.29 is 4.79 Å². The molecule has 0 saturated carbocycles. The van der Waals surface area contributed by atoms with Gasteiger partial charge in [0.05, 0.1) is 0 Å². The van der Waals surface area contributed by atoms with E-state index < -0.39 is 0 Å². The summed E-state index contributed by atoms with van der Waals surface area (Å²) in [7, 11) is 0. The lowest BCUT2D eigenvalue weighted by molar-refractivity contribution is -0.115. The van der Waals surface area contributed by atoms with E-state index in [0.717, 1.165) is 10.0 Å². The summed E-state index contributed by atoms with van der Waals surface area (Å²) in [5, 5.41) is 10.8. The summed E-state index contributed by atoms with van der Waals surface area (Å²) >= 11 is 2.79. The van der Waals surface area contributed by atoms with Gasteiger partial charge in [0, 0.05) is 30.3 Å². The monoisotopic (exact) mass is 281 g/mol. The van der Waals surface area contributed by atoms with Crippen LogP contribution in [-0.2, 0) is 4.79 Å². The molecule has 0 bridgehead atoms. The second-order valence-electron chi connectivity index (χ2n) is 3.29. The second kappa shape index (κ2) is 6.31. The van der Waals surface area contributed by atoms with Crippen LogP contribution in [0.2, 0.25) is 0 Å². The molecule has 0 spiro atoms. The van der Waals surface area contributed by atoms with Gasteiger partial charge in [-0.2, -0.15) is 0 Å². The first kappa shape index (κ1) is 12.8. The summed E-state index contributed by atoms with van der Waals surface area (Å²) in [6.45, 7) is 0. The Morgan fingerprint density at radius 2 is 2.17 bits per heavy atom. The van der Waals surface area contributed by atoms with Gasteiger partial charge < -0.3 is 11.1 Å². The summed E-state index contributed by atoms with van der Waals surface area (Å²) in [4.78, 5) is 15.5. The van der Waals surface area contributed by atoms with E-state index in [1.54, 1.807) is 24.5 Å². The van der Waals surface area contributed by atoms with Crippen molar-refractivity contribution in [1.29, 1.82) is 0 Å². The number of nitrogens with one attached hydrogen (secondary N) is 1. The van der Waals surface area contributed by atoms with E-state index in [1.807, 2.05) is 0 Å². The van der Waals surface area contributed by atoms with Gasteiger partial charge >= 0.3 is 0 Å². The van der Waals surface area contributed by atoms with Gasteiger partial charge in [-0.3, -0.25) is 9.78 Å². The van der Waals surface area contributed by atoms with Gasteiger partial charge in [-0.05, 0) is 12.1 Å². The van der Waals surface area contributed by atoms with Crippen LogP contribution in [-0.4, -0.2) is 26.8 Å². The number of rotatable bonds is 5. The molecular formula is C10H11N5OS2. The molecule has 0 aromatic carbocycles. The number of hydrogen-bond donors (Lipinski definition) is 2. The maximum absolute atomic E-state index is 11.6. The quantitative estimate of drug-likeness (QED) is 0.809. The van der Waals surface area contributed by atoms with E-state index in [4.69, 9.17) is 5.73 Å². The lowest BCUT2D eigenvalue weighted by Crippen LogP contribution is -2.12. The van der Waals surface area contributed by atoms with E-state index in [1.165, 1.54) is 23.1 Å². The maximum Gasteiger partial charge on any atom is 0.225 e. The van der Waals surface area contributed by atoms with Crippen LogP contribution in [0.5, 0.6) is 0 Å². The molecule has 0 fully saturated rings. The molecule has 0 saturated heterocycles. The minimum absolute atomic E-state index is 0.0359. The minimum atomic E-state index is -0.0359. The fourth-order valence-electron chi connectivity index (χ4n) is 1.17. The molecular weight excluding hydrogens is 270 g/mol. The lowest BCUT2D eigenvalue weighted by atomic mass is 10.4. The molecule has 2 heterocycles. The van der Waals surface area contributed by atoms with Crippen molar-refractivity contribution in [2.45, 2.75) is 10.8 Å². The Morgan fingerprint density at radius 1 is 1.39 bits per heavy atom. The Morgan fingerprint density at radius 3 is 2.83 bits per heavy atom. The Labute approximate surface area is 112 Å². The predicted octanol–water partition coefficient (Wildman–Crippen LogP) is 1.64. The highest BCUT2D eigenvalue weighted by Gasteiger charge is 2.05. The summed E-state index contributed by atoms with van der Waals surface area (Å²) in [6.07, 6.45) is 3.68. The molecule has 94 valence electrons. The van der Waals surface area contributed by atoms with Crippen molar-refractivity contribution in [3.63, 3.8) is 0 Å². The number of aromatic nitrogens is 3. The summed E-state index contributed by atoms with van der Waals surface area (Å²) in [5.41, 5.74) is 6.21. The van der Waals surface area contributed by atoms with Crippen molar-refractivity contribution in [2.75, 3.05) is 16.8 Å². The molecule has 18 heavy (non-hydrogen) atoms. The second-order valence-corrected chi connectivity index (χ2v) is 5.64. The number of thioether (sulfide) groups is 1. The number of nitrogen functional groups attached to an aromatic ring is 1. The van der Waals surface area contributed by atoms with E-state index >= 15 is 0 Å². The summed E-state index contributed by atoms with van der Waals surface area (Å²) in [6, 6.07) is 3.49. The maximum atomic E-state index is 11.6. The first-order valence-electron chi connectivity index (χ1n) is 5.16. The van der Waals surface area contributed by atoms with Crippen molar-refractivity contribution in [1.82, 2.24) is 15.2 Å². The summed E-state index contributed by atoms with van der Waals surface area (Å²) < 4.78 is 0.782. The molecule has 6 nitrogen and oxygen atoms in total. The third kappa shape index (κ3) is 3.97. The fraction of sp³-hybridized carbons (Fsp3) is 0.200. The highest BCUT2D eigenvalue weighted by molar-refractivity contribution is 8.01. The predicted molar refractivity (Wildman–Crippen MR) is 72.5 cm³/mol. The largest absolute Gasteiger partial charge is 0.374 e. The molecule has 0 atom stereocenters. The molecule has 2 aromatic rings. The zero-order valence-electron chi connectivity index (χ0n) is 9.37. The van der Waals surface area contributed by atoms with Crippen molar-refractivity contribution in [3.05, 3.63) is 24.5 Å². The van der Waals surface area contributed by atoms with Crippen LogP contribution in [0, 0.1) is 0 Å². The van der Waals surface area contributed by atoms with Crippen LogP contribution in [0.15, 0.2) is 28.9 Å². The van der Waals surface area contributed by atoms with E-state index in [9.17, 15) is 4.79 Å². The smallest absolute Gasteiger partial charge is 0.225 e. The highest BCUT2D eigenvalue weighted by Crippen LogP contribution is 2.23. The normalized spacial score (nSPS) is 10.2. The molecule has 1 amide bonds. The van der Waals surface area contributed by atoms with Gasteiger partial charge in [-0.15, -0.1) is 10.2 Å². The SMILES string of the molecule is Nc1nnc(SCCC(=O)Nc2ccncc2)s1. The molecule has 0 aliphatic rings. The minimum Gasteiger partial charge on any atom is -0.374 e. The topological polar surface area (TPSA) is 93.8 Å². The molecule has 3 N–H and O–H groups in total. The van der Waals surface area contributed by atoms with Crippen molar-refractivity contribution >= 4 is 39.8 Å². The Balaban J connectivity index is 1.72. The van der Waals surface area contributed by atoms with E-state index in [2.05, 4.69) is 20.5 Å². The Kier molecular flexibility index (Phi) is 4.48. The van der Waals surface area contributed by atoms with Crippen LogP contribution < -0.4 is 11.1 Å². The van der Waals surface area contributed by atoms with Crippen LogP contribution >= 0.6 is 23.1 Å². The third-order valence-corrected chi connectivity index (χ3v) is 3.83. The Bertz CT molecular complexity index is 516. The standard InChI is InChI=1S/C10H11N5OS2/c11-9-14-15-10(18-9)17-6-3-8(16)13-7-1-4-12-5-2-7/h1-2,4-5H,3,6H2,(H2,11,14)(H,12,13,16). The molecule has 0 unspecified atom stereocenters. The molecule has 0 aliphatic heterocycles. The molecule has 2 aromatic heterocycles. The lowest BCUT2D eigenvalue weighted by Gasteiger charge is -2.03. The Hall–Kier alpha value is -1.67. The van der Waals surface area contributed by atoms with E-state index in [-0.39, 0.29) is 5.91 Å². The highest BCUT2D eigenvalue weighted by atomic mass is 32.2.